The van der Waals surface area contributed by atoms with E-state index in [1.165, 1.54) is 0 Å². The lowest BCUT2D eigenvalue weighted by Crippen LogP contribution is -2.36. The molecule has 0 saturated heterocycles. The highest BCUT2D eigenvalue weighted by atomic mass is 16.5. The minimum Gasteiger partial charge on any atom is -0.395 e. The maximum absolute atomic E-state index is 11.9. The molecule has 118 valence electrons. The summed E-state index contributed by atoms with van der Waals surface area (Å²) in [5.74, 6) is -0.220. The highest BCUT2D eigenvalue weighted by Gasteiger charge is 2.13. The van der Waals surface area contributed by atoms with Gasteiger partial charge in [-0.25, -0.2) is 0 Å². The van der Waals surface area contributed by atoms with Crippen LogP contribution in [-0.2, 0) is 9.53 Å². The number of carbonyl (C=O) groups is 1. The number of benzene rings is 1. The smallest absolute Gasteiger partial charge is 0.241 e. The Morgan fingerprint density at radius 3 is 2.62 bits per heavy atom. The van der Waals surface area contributed by atoms with Gasteiger partial charge >= 0.3 is 0 Å². The van der Waals surface area contributed by atoms with Crippen molar-refractivity contribution in [1.29, 1.82) is 0 Å². The molecule has 1 aromatic rings. The van der Waals surface area contributed by atoms with Gasteiger partial charge in [-0.15, -0.1) is 0 Å². The summed E-state index contributed by atoms with van der Waals surface area (Å²) in [5, 5.41) is 11.8. The molecule has 6 heteroatoms. The first-order chi connectivity index (χ1) is 10.1. The molecule has 0 aromatic heterocycles. The number of ether oxygens (including phenoxy) is 1. The molecular weight excluding hydrogens is 270 g/mol. The number of rotatable bonds is 9. The molecule has 0 heterocycles. The number of anilines is 2. The molecule has 0 aliphatic heterocycles. The zero-order valence-corrected chi connectivity index (χ0v) is 12.7. The van der Waals surface area contributed by atoms with Gasteiger partial charge in [-0.3, -0.25) is 4.79 Å². The Labute approximate surface area is 125 Å². The molecule has 1 unspecified atom stereocenters. The molecule has 1 atom stereocenters. The fourth-order valence-electron chi connectivity index (χ4n) is 1.96. The summed E-state index contributed by atoms with van der Waals surface area (Å²) in [6.07, 6.45) is 0.487. The standard InChI is InChI=1S/C15H25N3O3/c1-3-18(9-10-19)13-6-4-12(5-7-13)17-15(20)14(16)8-11-21-2/h4-7,14,19H,3,8-11,16H2,1-2H3,(H,17,20). The molecule has 0 aliphatic carbocycles. The molecule has 0 spiro atoms. The average Bonchev–Trinajstić information content (AvgIpc) is 2.51. The van der Waals surface area contributed by atoms with Crippen molar-refractivity contribution in [2.75, 3.05) is 43.6 Å². The predicted octanol–water partition coefficient (Wildman–Crippen LogP) is 0.807. The number of aliphatic hydroxyl groups is 1. The largest absolute Gasteiger partial charge is 0.395 e. The van der Waals surface area contributed by atoms with Crippen LogP contribution in [0.25, 0.3) is 0 Å². The number of hydrogen-bond acceptors (Lipinski definition) is 5. The molecular formula is C15H25N3O3. The van der Waals surface area contributed by atoms with Crippen LogP contribution in [0.2, 0.25) is 0 Å². The Bertz CT molecular complexity index is 423. The Balaban J connectivity index is 2.59. The summed E-state index contributed by atoms with van der Waals surface area (Å²) in [6.45, 7) is 4.00. The van der Waals surface area contributed by atoms with Crippen molar-refractivity contribution in [3.63, 3.8) is 0 Å². The molecule has 1 aromatic carbocycles. The quantitative estimate of drug-likeness (QED) is 0.627. The van der Waals surface area contributed by atoms with Crippen LogP contribution in [0, 0.1) is 0 Å². The maximum Gasteiger partial charge on any atom is 0.241 e. The van der Waals surface area contributed by atoms with Crippen LogP contribution in [0.1, 0.15) is 13.3 Å². The van der Waals surface area contributed by atoms with Crippen LogP contribution in [0.4, 0.5) is 11.4 Å². The van der Waals surface area contributed by atoms with Crippen LogP contribution >= 0.6 is 0 Å². The number of nitrogens with two attached hydrogens (primary N) is 1. The van der Waals surface area contributed by atoms with Gasteiger partial charge in [-0.1, -0.05) is 0 Å². The maximum atomic E-state index is 11.9. The second-order valence-corrected chi connectivity index (χ2v) is 4.73. The van der Waals surface area contributed by atoms with Gasteiger partial charge < -0.3 is 25.8 Å². The Morgan fingerprint density at radius 1 is 1.43 bits per heavy atom. The highest BCUT2D eigenvalue weighted by Crippen LogP contribution is 2.17. The van der Waals surface area contributed by atoms with Gasteiger partial charge in [0.1, 0.15) is 0 Å². The number of nitrogens with zero attached hydrogens (tertiary/aromatic N) is 1. The number of aliphatic hydroxyl groups excluding tert-OH is 1. The summed E-state index contributed by atoms with van der Waals surface area (Å²) < 4.78 is 4.90. The summed E-state index contributed by atoms with van der Waals surface area (Å²) >= 11 is 0. The van der Waals surface area contributed by atoms with E-state index >= 15 is 0 Å². The molecule has 0 bridgehead atoms. The van der Waals surface area contributed by atoms with E-state index in [9.17, 15) is 4.79 Å². The lowest BCUT2D eigenvalue weighted by Gasteiger charge is -2.22. The van der Waals surface area contributed by atoms with E-state index < -0.39 is 6.04 Å². The molecule has 0 radical (unpaired) electrons. The van der Waals surface area contributed by atoms with Crippen molar-refractivity contribution in [2.24, 2.45) is 5.73 Å². The molecule has 21 heavy (non-hydrogen) atoms. The molecule has 4 N–H and O–H groups in total. The molecule has 1 amide bonds. The number of hydrogen-bond donors (Lipinski definition) is 3. The highest BCUT2D eigenvalue weighted by molar-refractivity contribution is 5.94. The van der Waals surface area contributed by atoms with Gasteiger partial charge in [0, 0.05) is 38.2 Å². The molecule has 6 nitrogen and oxygen atoms in total. The van der Waals surface area contributed by atoms with Crippen molar-refractivity contribution in [3.05, 3.63) is 24.3 Å². The normalized spacial score (nSPS) is 12.0. The molecule has 0 saturated carbocycles. The summed E-state index contributed by atoms with van der Waals surface area (Å²) in [5.41, 5.74) is 7.48. The fourth-order valence-corrected chi connectivity index (χ4v) is 1.96. The van der Waals surface area contributed by atoms with Crippen LogP contribution in [0.15, 0.2) is 24.3 Å². The number of amides is 1. The Kier molecular flexibility index (Phi) is 7.74. The first-order valence-corrected chi connectivity index (χ1v) is 7.13. The number of methoxy groups -OCH3 is 1. The SMILES string of the molecule is CCN(CCO)c1ccc(NC(=O)C(N)CCOC)cc1. The van der Waals surface area contributed by atoms with Crippen molar-refractivity contribution >= 4 is 17.3 Å². The topological polar surface area (TPSA) is 87.8 Å². The first-order valence-electron chi connectivity index (χ1n) is 7.13. The lowest BCUT2D eigenvalue weighted by atomic mass is 10.2. The second-order valence-electron chi connectivity index (χ2n) is 4.73. The number of nitrogens with one attached hydrogen (secondary N) is 1. The summed E-state index contributed by atoms with van der Waals surface area (Å²) in [7, 11) is 1.58. The predicted molar refractivity (Wildman–Crippen MR) is 84.5 cm³/mol. The number of carbonyl (C=O) groups excluding carboxylic acids is 1. The van der Waals surface area contributed by atoms with Gasteiger partial charge in [0.05, 0.1) is 12.6 Å². The van der Waals surface area contributed by atoms with Crippen LogP contribution < -0.4 is 16.0 Å². The molecule has 0 fully saturated rings. The minimum absolute atomic E-state index is 0.112. The summed E-state index contributed by atoms with van der Waals surface area (Å²) in [6, 6.07) is 6.91. The van der Waals surface area contributed by atoms with E-state index in [0.29, 0.717) is 25.3 Å². The fraction of sp³-hybridized carbons (Fsp3) is 0.533. The average molecular weight is 295 g/mol. The van der Waals surface area contributed by atoms with Gasteiger partial charge in [0.15, 0.2) is 0 Å². The van der Waals surface area contributed by atoms with E-state index in [-0.39, 0.29) is 12.5 Å². The van der Waals surface area contributed by atoms with Crippen molar-refractivity contribution in [3.8, 4) is 0 Å². The van der Waals surface area contributed by atoms with Gasteiger partial charge in [0.25, 0.3) is 0 Å². The third-order valence-corrected chi connectivity index (χ3v) is 3.22. The minimum atomic E-state index is -0.578. The summed E-state index contributed by atoms with van der Waals surface area (Å²) in [4.78, 5) is 13.9. The van der Waals surface area contributed by atoms with E-state index in [1.807, 2.05) is 31.2 Å². The lowest BCUT2D eigenvalue weighted by molar-refractivity contribution is -0.117. The van der Waals surface area contributed by atoms with Crippen LogP contribution in [0.3, 0.4) is 0 Å². The van der Waals surface area contributed by atoms with Gasteiger partial charge in [0.2, 0.25) is 5.91 Å². The van der Waals surface area contributed by atoms with Crippen molar-refractivity contribution < 1.29 is 14.6 Å². The van der Waals surface area contributed by atoms with Gasteiger partial charge in [-0.05, 0) is 37.6 Å². The van der Waals surface area contributed by atoms with Crippen molar-refractivity contribution in [2.45, 2.75) is 19.4 Å². The Hall–Kier alpha value is -1.63. The Morgan fingerprint density at radius 2 is 2.10 bits per heavy atom. The van der Waals surface area contributed by atoms with E-state index in [4.69, 9.17) is 15.6 Å². The number of likely N-dealkylation sites (N-methyl/N-ethyl adjacent to an activating group) is 1. The second kappa shape index (κ2) is 9.33. The van der Waals surface area contributed by atoms with E-state index in [2.05, 4.69) is 10.2 Å². The zero-order valence-electron chi connectivity index (χ0n) is 12.7. The zero-order chi connectivity index (χ0) is 15.7. The molecule has 1 rings (SSSR count). The van der Waals surface area contributed by atoms with E-state index in [1.54, 1.807) is 7.11 Å². The van der Waals surface area contributed by atoms with E-state index in [0.717, 1.165) is 12.2 Å². The third-order valence-electron chi connectivity index (χ3n) is 3.22. The van der Waals surface area contributed by atoms with Crippen molar-refractivity contribution in [1.82, 2.24) is 0 Å². The first kappa shape index (κ1) is 17.4. The van der Waals surface area contributed by atoms with Crippen LogP contribution in [0.5, 0.6) is 0 Å². The molecule has 0 aliphatic rings. The van der Waals surface area contributed by atoms with Crippen LogP contribution in [-0.4, -0.2) is 50.5 Å². The monoisotopic (exact) mass is 295 g/mol. The van der Waals surface area contributed by atoms with Gasteiger partial charge in [-0.2, -0.15) is 0 Å². The third kappa shape index (κ3) is 5.71.